The normalized spacial score (nSPS) is 25.3. The van der Waals surface area contributed by atoms with Crippen LogP contribution in [0.4, 0.5) is 4.79 Å². The lowest BCUT2D eigenvalue weighted by atomic mass is 9.76. The number of ketones is 1. The van der Waals surface area contributed by atoms with Gasteiger partial charge in [-0.15, -0.1) is 0 Å². The molecule has 1 aliphatic carbocycles. The highest BCUT2D eigenvalue weighted by molar-refractivity contribution is 6.01. The number of aromatic nitrogens is 1. The van der Waals surface area contributed by atoms with E-state index in [0.29, 0.717) is 23.8 Å². The molecule has 1 aliphatic heterocycles. The van der Waals surface area contributed by atoms with Crippen LogP contribution in [0.2, 0.25) is 0 Å². The minimum atomic E-state index is -0.931. The zero-order chi connectivity index (χ0) is 31.1. The summed E-state index contributed by atoms with van der Waals surface area (Å²) in [4.78, 5) is 42.9. The Bertz CT molecular complexity index is 1050. The molecule has 1 saturated heterocycles. The number of carbonyl (C=O) groups is 3. The summed E-state index contributed by atoms with van der Waals surface area (Å²) in [5.41, 5.74) is 0.517. The lowest BCUT2D eigenvalue weighted by Gasteiger charge is -2.45. The first-order valence-electron chi connectivity index (χ1n) is 16.1. The van der Waals surface area contributed by atoms with E-state index in [4.69, 9.17) is 9.47 Å². The number of Topliss-reactive ketones (excluding diaryl/α,β-unsaturated/α-hetero) is 1. The molecule has 5 atom stereocenters. The maximum Gasteiger partial charge on any atom is 0.315 e. The number of urea groups is 1. The molecule has 0 spiro atoms. The molecular formula is C33H55N3O6. The third-order valence-corrected chi connectivity index (χ3v) is 9.09. The molecule has 0 radical (unpaired) electrons. The van der Waals surface area contributed by atoms with E-state index < -0.39 is 29.2 Å². The van der Waals surface area contributed by atoms with Gasteiger partial charge in [0.2, 0.25) is 0 Å². The summed E-state index contributed by atoms with van der Waals surface area (Å²) in [6.07, 6.45) is 9.57. The van der Waals surface area contributed by atoms with E-state index in [1.54, 1.807) is 26.1 Å². The number of H-pyrrole nitrogens is 1. The van der Waals surface area contributed by atoms with Crippen LogP contribution < -0.4 is 10.6 Å². The van der Waals surface area contributed by atoms with Crippen molar-refractivity contribution in [3.05, 3.63) is 23.5 Å². The van der Waals surface area contributed by atoms with Crippen LogP contribution in [0.15, 0.2) is 12.3 Å². The number of nitrogens with one attached hydrogen (secondary N) is 3. The second-order valence-corrected chi connectivity index (χ2v) is 13.9. The van der Waals surface area contributed by atoms with E-state index in [2.05, 4.69) is 36.4 Å². The molecule has 3 rings (SSSR count). The number of aromatic amines is 1. The van der Waals surface area contributed by atoms with Crippen molar-refractivity contribution in [1.29, 1.82) is 0 Å². The standard InChI is InChI=1S/C33H55N3O6/c1-8-9-11-15-25(21(2)3)35-31(40)36-26-16-13-10-12-14-22(26)24(19-27(37)38)28-23(17-18-34-28)29(39)30-32(4,5)20-41-33(6,7)42-30/h17-18,21-22,24-26,30,34H,8-16,19-20H2,1-7H3,(H,37,38)(H2,35,36,40). The maximum absolute atomic E-state index is 14.1. The monoisotopic (exact) mass is 589 g/mol. The van der Waals surface area contributed by atoms with Crippen molar-refractivity contribution < 1.29 is 29.0 Å². The lowest BCUT2D eigenvalue weighted by molar-refractivity contribution is -0.298. The lowest BCUT2D eigenvalue weighted by Crippen LogP contribution is -2.53. The van der Waals surface area contributed by atoms with Gasteiger partial charge < -0.3 is 30.2 Å². The number of aliphatic carboxylic acids is 1. The fraction of sp³-hybridized carbons (Fsp3) is 0.788. The molecule has 5 unspecified atom stereocenters. The molecule has 2 amide bonds. The van der Waals surface area contributed by atoms with Crippen LogP contribution in [0.1, 0.15) is 135 Å². The van der Waals surface area contributed by atoms with Crippen LogP contribution in [-0.2, 0) is 14.3 Å². The van der Waals surface area contributed by atoms with Gasteiger partial charge in [0.25, 0.3) is 0 Å². The third-order valence-electron chi connectivity index (χ3n) is 9.09. The molecule has 2 heterocycles. The van der Waals surface area contributed by atoms with Gasteiger partial charge in [-0.3, -0.25) is 9.59 Å². The third kappa shape index (κ3) is 9.06. The van der Waals surface area contributed by atoms with Gasteiger partial charge in [-0.25, -0.2) is 4.79 Å². The van der Waals surface area contributed by atoms with Crippen LogP contribution in [0.25, 0.3) is 0 Å². The number of carboxylic acids is 1. The van der Waals surface area contributed by atoms with Crippen molar-refractivity contribution >= 4 is 17.8 Å². The van der Waals surface area contributed by atoms with E-state index in [0.717, 1.165) is 57.8 Å². The Morgan fingerprint density at radius 3 is 2.48 bits per heavy atom. The zero-order valence-electron chi connectivity index (χ0n) is 26.9. The molecule has 4 N–H and O–H groups in total. The van der Waals surface area contributed by atoms with Crippen LogP contribution in [-0.4, -0.2) is 58.5 Å². The molecule has 1 aromatic heterocycles. The molecule has 2 aliphatic rings. The zero-order valence-corrected chi connectivity index (χ0v) is 26.9. The first-order chi connectivity index (χ1) is 19.8. The number of carbonyl (C=O) groups excluding carboxylic acids is 2. The quantitative estimate of drug-likeness (QED) is 0.114. The van der Waals surface area contributed by atoms with E-state index >= 15 is 0 Å². The minimum absolute atomic E-state index is 0.0790. The van der Waals surface area contributed by atoms with Gasteiger partial charge in [0.15, 0.2) is 11.6 Å². The summed E-state index contributed by atoms with van der Waals surface area (Å²) in [7, 11) is 0. The van der Waals surface area contributed by atoms with Crippen molar-refractivity contribution in [2.24, 2.45) is 17.3 Å². The Kier molecular flexibility index (Phi) is 12.1. The summed E-state index contributed by atoms with van der Waals surface area (Å²) < 4.78 is 12.0. The summed E-state index contributed by atoms with van der Waals surface area (Å²) in [5, 5.41) is 16.5. The topological polar surface area (TPSA) is 130 Å². The van der Waals surface area contributed by atoms with E-state index in [1.165, 1.54) is 0 Å². The predicted molar refractivity (Wildman–Crippen MR) is 164 cm³/mol. The summed E-state index contributed by atoms with van der Waals surface area (Å²) in [6.45, 7) is 14.3. The van der Waals surface area contributed by atoms with Crippen molar-refractivity contribution in [2.45, 2.75) is 143 Å². The Morgan fingerprint density at radius 1 is 1.10 bits per heavy atom. The van der Waals surface area contributed by atoms with Crippen molar-refractivity contribution in [3.63, 3.8) is 0 Å². The highest BCUT2D eigenvalue weighted by atomic mass is 16.7. The van der Waals surface area contributed by atoms with E-state index in [9.17, 15) is 19.5 Å². The van der Waals surface area contributed by atoms with Crippen LogP contribution >= 0.6 is 0 Å². The molecule has 0 aromatic carbocycles. The molecule has 238 valence electrons. The number of carboxylic acid groups (broad SMARTS) is 1. The highest BCUT2D eigenvalue weighted by Crippen LogP contribution is 2.41. The Balaban J connectivity index is 1.88. The molecule has 2 fully saturated rings. The molecule has 9 nitrogen and oxygen atoms in total. The van der Waals surface area contributed by atoms with Gasteiger partial charge in [-0.05, 0) is 51.0 Å². The van der Waals surface area contributed by atoms with Gasteiger partial charge in [0.05, 0.1) is 13.0 Å². The Morgan fingerprint density at radius 2 is 1.81 bits per heavy atom. The van der Waals surface area contributed by atoms with Gasteiger partial charge in [-0.2, -0.15) is 0 Å². The van der Waals surface area contributed by atoms with E-state index in [-0.39, 0.29) is 36.2 Å². The molecule has 1 saturated carbocycles. The number of unbranched alkanes of at least 4 members (excludes halogenated alkanes) is 2. The Labute approximate surface area is 252 Å². The van der Waals surface area contributed by atoms with Crippen LogP contribution in [0, 0.1) is 17.3 Å². The molecular weight excluding hydrogens is 534 g/mol. The van der Waals surface area contributed by atoms with Gasteiger partial charge in [0.1, 0.15) is 6.10 Å². The first kappa shape index (κ1) is 34.1. The summed E-state index contributed by atoms with van der Waals surface area (Å²) >= 11 is 0. The molecule has 0 bridgehead atoms. The average Bonchev–Trinajstić information content (AvgIpc) is 3.28. The smallest absolute Gasteiger partial charge is 0.315 e. The van der Waals surface area contributed by atoms with Gasteiger partial charge in [-0.1, -0.05) is 73.1 Å². The SMILES string of the molecule is CCCCCC(NC(=O)NC1CCCCCC1C(CC(=O)O)c1[nH]ccc1C(=O)C1OC(C)(C)OCC1(C)C)C(C)C. The second-order valence-electron chi connectivity index (χ2n) is 13.9. The highest BCUT2D eigenvalue weighted by Gasteiger charge is 2.47. The second kappa shape index (κ2) is 14.9. The molecule has 9 heteroatoms. The fourth-order valence-corrected chi connectivity index (χ4v) is 6.58. The minimum Gasteiger partial charge on any atom is -0.481 e. The van der Waals surface area contributed by atoms with Gasteiger partial charge >= 0.3 is 12.0 Å². The molecule has 42 heavy (non-hydrogen) atoms. The number of amides is 2. The predicted octanol–water partition coefficient (Wildman–Crippen LogP) is 6.79. The number of ether oxygens (including phenoxy) is 2. The summed E-state index contributed by atoms with van der Waals surface area (Å²) in [5.74, 6) is -2.31. The largest absolute Gasteiger partial charge is 0.481 e. The maximum atomic E-state index is 14.1. The fourth-order valence-electron chi connectivity index (χ4n) is 6.58. The van der Waals surface area contributed by atoms with Crippen LogP contribution in [0.5, 0.6) is 0 Å². The number of hydrogen-bond acceptors (Lipinski definition) is 5. The van der Waals surface area contributed by atoms with Crippen molar-refractivity contribution in [1.82, 2.24) is 15.6 Å². The number of hydrogen-bond donors (Lipinski definition) is 4. The average molecular weight is 590 g/mol. The van der Waals surface area contributed by atoms with Crippen LogP contribution in [0.3, 0.4) is 0 Å². The van der Waals surface area contributed by atoms with Crippen molar-refractivity contribution in [3.8, 4) is 0 Å². The summed E-state index contributed by atoms with van der Waals surface area (Å²) in [6, 6.07) is 1.42. The Hall–Kier alpha value is -2.39. The first-order valence-corrected chi connectivity index (χ1v) is 16.1. The molecule has 1 aromatic rings. The van der Waals surface area contributed by atoms with Crippen molar-refractivity contribution in [2.75, 3.05) is 6.61 Å². The van der Waals surface area contributed by atoms with Gasteiger partial charge in [0, 0.05) is 40.9 Å². The number of rotatable bonds is 13. The van der Waals surface area contributed by atoms with E-state index in [1.807, 2.05) is 13.8 Å².